The number of hydrogen-bond donors (Lipinski definition) is 2. The Morgan fingerprint density at radius 2 is 1.86 bits per heavy atom. The largest absolute Gasteiger partial charge is 0.340 e. The van der Waals surface area contributed by atoms with Crippen molar-refractivity contribution in [2.24, 2.45) is 5.10 Å². The van der Waals surface area contributed by atoms with Crippen LogP contribution in [0, 0.1) is 0 Å². The Labute approximate surface area is 130 Å². The number of aromatic nitrogens is 2. The van der Waals surface area contributed by atoms with Crippen LogP contribution in [0.1, 0.15) is 23.9 Å². The van der Waals surface area contributed by atoms with E-state index in [0.29, 0.717) is 0 Å². The van der Waals surface area contributed by atoms with Gasteiger partial charge in [0.25, 0.3) is 0 Å². The molecule has 1 atom stereocenters. The molecule has 21 heavy (non-hydrogen) atoms. The molecule has 1 aliphatic heterocycles. The zero-order valence-electron chi connectivity index (χ0n) is 11.2. The van der Waals surface area contributed by atoms with Gasteiger partial charge in [-0.15, -0.1) is 0 Å². The normalized spacial score (nSPS) is 17.8. The van der Waals surface area contributed by atoms with Gasteiger partial charge in [0, 0.05) is 10.9 Å². The number of rotatable bonds is 2. The summed E-state index contributed by atoms with van der Waals surface area (Å²) < 4.78 is 1.08. The third-order valence-corrected chi connectivity index (χ3v) is 4.20. The Bertz CT molecular complexity index is 787. The van der Waals surface area contributed by atoms with E-state index in [2.05, 4.69) is 48.6 Å². The quantitative estimate of drug-likeness (QED) is 0.746. The molecule has 2 N–H and O–H groups in total. The van der Waals surface area contributed by atoms with E-state index < -0.39 is 0 Å². The minimum absolute atomic E-state index is 0.107. The van der Waals surface area contributed by atoms with Crippen molar-refractivity contribution >= 4 is 32.7 Å². The van der Waals surface area contributed by atoms with Crippen LogP contribution in [0.15, 0.2) is 58.1 Å². The summed E-state index contributed by atoms with van der Waals surface area (Å²) in [6.07, 6.45) is 0.835. The van der Waals surface area contributed by atoms with Gasteiger partial charge in [0.15, 0.2) is 0 Å². The molecule has 5 heteroatoms. The topological polar surface area (TPSA) is 53.1 Å². The minimum Gasteiger partial charge on any atom is -0.340 e. The first-order valence-corrected chi connectivity index (χ1v) is 7.61. The van der Waals surface area contributed by atoms with Gasteiger partial charge in [-0.3, -0.25) is 5.43 Å². The van der Waals surface area contributed by atoms with E-state index in [1.807, 2.05) is 36.4 Å². The van der Waals surface area contributed by atoms with Gasteiger partial charge in [0.05, 0.1) is 16.7 Å². The second-order valence-electron chi connectivity index (χ2n) is 5.09. The Morgan fingerprint density at radius 1 is 1.05 bits per heavy atom. The van der Waals surface area contributed by atoms with Crippen LogP contribution >= 0.6 is 15.9 Å². The summed E-state index contributed by atoms with van der Waals surface area (Å²) in [6.45, 7) is 0. The lowest BCUT2D eigenvalue weighted by molar-refractivity contribution is 0.591. The highest BCUT2D eigenvalue weighted by Crippen LogP contribution is 2.25. The van der Waals surface area contributed by atoms with Gasteiger partial charge >= 0.3 is 0 Å². The van der Waals surface area contributed by atoms with Crippen LogP contribution in [-0.2, 0) is 0 Å². The van der Waals surface area contributed by atoms with Crippen LogP contribution in [0.4, 0.5) is 0 Å². The monoisotopic (exact) mass is 340 g/mol. The lowest BCUT2D eigenvalue weighted by Gasteiger charge is -2.05. The lowest BCUT2D eigenvalue weighted by Crippen LogP contribution is -2.11. The molecule has 0 spiro atoms. The van der Waals surface area contributed by atoms with Gasteiger partial charge in [-0.1, -0.05) is 40.2 Å². The molecule has 104 valence electrons. The number of nitrogens with one attached hydrogen (secondary N) is 2. The molecular formula is C16H13BrN4. The number of imidazole rings is 1. The maximum Gasteiger partial charge on any atom is 0.131 e. The van der Waals surface area contributed by atoms with Crippen LogP contribution < -0.4 is 5.43 Å². The number of halogens is 1. The van der Waals surface area contributed by atoms with E-state index in [1.54, 1.807) is 0 Å². The second-order valence-corrected chi connectivity index (χ2v) is 6.01. The highest BCUT2D eigenvalue weighted by atomic mass is 79.9. The minimum atomic E-state index is 0.107. The van der Waals surface area contributed by atoms with Crippen molar-refractivity contribution in [1.29, 1.82) is 0 Å². The molecule has 4 nitrogen and oxygen atoms in total. The zero-order chi connectivity index (χ0) is 14.2. The first kappa shape index (κ1) is 12.6. The van der Waals surface area contributed by atoms with Crippen LogP contribution in [0.25, 0.3) is 11.0 Å². The number of hydrazone groups is 1. The lowest BCUT2D eigenvalue weighted by atomic mass is 10.0. The SMILES string of the molecule is Brc1ccc(C2=NNC(c3nc4ccccc4[nH]3)C2)cc1. The van der Waals surface area contributed by atoms with Crippen molar-refractivity contribution < 1.29 is 0 Å². The summed E-state index contributed by atoms with van der Waals surface area (Å²) in [5.41, 5.74) is 7.44. The van der Waals surface area contributed by atoms with E-state index in [-0.39, 0.29) is 6.04 Å². The number of H-pyrrole nitrogens is 1. The predicted molar refractivity (Wildman–Crippen MR) is 87.3 cm³/mol. The van der Waals surface area contributed by atoms with E-state index in [4.69, 9.17) is 0 Å². The molecule has 0 fully saturated rings. The summed E-state index contributed by atoms with van der Waals surface area (Å²) in [6, 6.07) is 16.4. The van der Waals surface area contributed by atoms with Gasteiger partial charge in [0.2, 0.25) is 0 Å². The average Bonchev–Trinajstić information content (AvgIpc) is 3.14. The molecule has 0 saturated carbocycles. The molecule has 2 aromatic carbocycles. The fourth-order valence-electron chi connectivity index (χ4n) is 2.56. The number of aromatic amines is 1. The van der Waals surface area contributed by atoms with E-state index in [0.717, 1.165) is 39.0 Å². The van der Waals surface area contributed by atoms with Gasteiger partial charge in [-0.25, -0.2) is 4.98 Å². The van der Waals surface area contributed by atoms with Gasteiger partial charge in [-0.05, 0) is 29.8 Å². The fourth-order valence-corrected chi connectivity index (χ4v) is 2.82. The number of fused-ring (bicyclic) bond motifs is 1. The van der Waals surface area contributed by atoms with Crippen LogP contribution in [0.3, 0.4) is 0 Å². The van der Waals surface area contributed by atoms with Crippen molar-refractivity contribution in [3.8, 4) is 0 Å². The third-order valence-electron chi connectivity index (χ3n) is 3.67. The summed E-state index contributed by atoms with van der Waals surface area (Å²) in [5.74, 6) is 0.937. The number of nitrogens with zero attached hydrogens (tertiary/aromatic N) is 2. The summed E-state index contributed by atoms with van der Waals surface area (Å²) in [7, 11) is 0. The van der Waals surface area contributed by atoms with Crippen molar-refractivity contribution in [2.45, 2.75) is 12.5 Å². The van der Waals surface area contributed by atoms with E-state index >= 15 is 0 Å². The second kappa shape index (κ2) is 5.00. The molecule has 0 bridgehead atoms. The van der Waals surface area contributed by atoms with Gasteiger partial charge in [-0.2, -0.15) is 5.10 Å². The first-order valence-electron chi connectivity index (χ1n) is 6.82. The van der Waals surface area contributed by atoms with Gasteiger partial charge in [0.1, 0.15) is 11.9 Å². The van der Waals surface area contributed by atoms with E-state index in [9.17, 15) is 0 Å². The maximum absolute atomic E-state index is 4.64. The molecular weight excluding hydrogens is 328 g/mol. The molecule has 0 aliphatic carbocycles. The molecule has 3 aromatic rings. The van der Waals surface area contributed by atoms with Crippen molar-refractivity contribution in [3.05, 3.63) is 64.4 Å². The van der Waals surface area contributed by atoms with Crippen molar-refractivity contribution in [2.75, 3.05) is 0 Å². The van der Waals surface area contributed by atoms with Crippen molar-refractivity contribution in [1.82, 2.24) is 15.4 Å². The number of para-hydroxylation sites is 2. The highest BCUT2D eigenvalue weighted by molar-refractivity contribution is 9.10. The summed E-state index contributed by atoms with van der Waals surface area (Å²) in [4.78, 5) is 8.00. The third kappa shape index (κ3) is 2.34. The molecule has 1 aliphatic rings. The standard InChI is InChI=1S/C16H13BrN4/c17-11-7-5-10(6-8-11)14-9-15(21-20-14)16-18-12-3-1-2-4-13(12)19-16/h1-8,15,21H,9H2,(H,18,19). The Hall–Kier alpha value is -2.14. The van der Waals surface area contributed by atoms with Crippen molar-refractivity contribution in [3.63, 3.8) is 0 Å². The first-order chi connectivity index (χ1) is 10.3. The Balaban J connectivity index is 1.58. The molecule has 0 amide bonds. The van der Waals surface area contributed by atoms with Crippen LogP contribution in [0.2, 0.25) is 0 Å². The van der Waals surface area contributed by atoms with Gasteiger partial charge < -0.3 is 4.98 Å². The van der Waals surface area contributed by atoms with Crippen LogP contribution in [-0.4, -0.2) is 15.7 Å². The number of benzene rings is 2. The Kier molecular flexibility index (Phi) is 3.00. The highest BCUT2D eigenvalue weighted by Gasteiger charge is 2.23. The molecule has 0 saturated heterocycles. The molecule has 2 heterocycles. The summed E-state index contributed by atoms with van der Waals surface area (Å²) >= 11 is 3.45. The summed E-state index contributed by atoms with van der Waals surface area (Å²) in [5, 5.41) is 4.45. The molecule has 4 rings (SSSR count). The molecule has 1 aromatic heterocycles. The average molecular weight is 341 g/mol. The predicted octanol–water partition coefficient (Wildman–Crippen LogP) is 3.76. The Morgan fingerprint density at radius 3 is 2.67 bits per heavy atom. The number of hydrogen-bond acceptors (Lipinski definition) is 3. The smallest absolute Gasteiger partial charge is 0.131 e. The van der Waals surface area contributed by atoms with E-state index in [1.165, 1.54) is 0 Å². The molecule has 0 radical (unpaired) electrons. The molecule has 1 unspecified atom stereocenters. The van der Waals surface area contributed by atoms with Crippen LogP contribution in [0.5, 0.6) is 0 Å². The fraction of sp³-hybridized carbons (Fsp3) is 0.125. The maximum atomic E-state index is 4.64. The zero-order valence-corrected chi connectivity index (χ0v) is 12.8.